The molecular formula is C13H15N3O2. The molecule has 18 heavy (non-hydrogen) atoms. The molecule has 5 nitrogen and oxygen atoms in total. The number of hydrogen-bond acceptors (Lipinski definition) is 4. The highest BCUT2D eigenvalue weighted by Gasteiger charge is 2.11. The third kappa shape index (κ3) is 2.40. The smallest absolute Gasteiger partial charge is 0.257 e. The molecule has 0 fully saturated rings. The first-order valence-corrected chi connectivity index (χ1v) is 5.78. The second-order valence-electron chi connectivity index (χ2n) is 4.04. The van der Waals surface area contributed by atoms with Crippen molar-refractivity contribution in [1.82, 2.24) is 15.0 Å². The number of rotatable bonds is 3. The molecule has 0 saturated heterocycles. The van der Waals surface area contributed by atoms with Crippen molar-refractivity contribution < 1.29 is 9.32 Å². The summed E-state index contributed by atoms with van der Waals surface area (Å²) in [5.74, 6) is 1.07. The van der Waals surface area contributed by atoms with Crippen molar-refractivity contribution in [2.24, 2.45) is 0 Å². The Kier molecular flexibility index (Phi) is 3.41. The van der Waals surface area contributed by atoms with Gasteiger partial charge in [-0.1, -0.05) is 5.16 Å². The summed E-state index contributed by atoms with van der Waals surface area (Å²) in [5.41, 5.74) is 1.46. The summed E-state index contributed by atoms with van der Waals surface area (Å²) in [6, 6.07) is 7.15. The molecule has 0 unspecified atom stereocenters. The van der Waals surface area contributed by atoms with Crippen molar-refractivity contribution in [3.63, 3.8) is 0 Å². The Balaban J connectivity index is 2.23. The van der Waals surface area contributed by atoms with Gasteiger partial charge in [0.15, 0.2) is 5.82 Å². The zero-order valence-corrected chi connectivity index (χ0v) is 10.7. The van der Waals surface area contributed by atoms with Crippen molar-refractivity contribution in [3.8, 4) is 11.5 Å². The molecule has 1 aromatic heterocycles. The Morgan fingerprint density at radius 1 is 1.33 bits per heavy atom. The molecule has 2 rings (SSSR count). The maximum Gasteiger partial charge on any atom is 0.257 e. The SMILES string of the molecule is CCN(C)C(=O)c1ccc(-c2nc(C)no2)cc1. The lowest BCUT2D eigenvalue weighted by molar-refractivity contribution is 0.0802. The van der Waals surface area contributed by atoms with Gasteiger partial charge < -0.3 is 9.42 Å². The first-order chi connectivity index (χ1) is 8.61. The maximum atomic E-state index is 11.9. The number of carbonyl (C=O) groups is 1. The van der Waals surface area contributed by atoms with Gasteiger partial charge in [0.1, 0.15) is 0 Å². The molecule has 0 aliphatic carbocycles. The van der Waals surface area contributed by atoms with E-state index in [2.05, 4.69) is 10.1 Å². The van der Waals surface area contributed by atoms with E-state index in [-0.39, 0.29) is 5.91 Å². The Bertz CT molecular complexity index is 546. The Labute approximate surface area is 105 Å². The molecule has 0 bridgehead atoms. The van der Waals surface area contributed by atoms with Crippen molar-refractivity contribution in [2.75, 3.05) is 13.6 Å². The summed E-state index contributed by atoms with van der Waals surface area (Å²) in [6.07, 6.45) is 0. The van der Waals surface area contributed by atoms with E-state index in [1.165, 1.54) is 0 Å². The molecule has 0 saturated carbocycles. The molecule has 2 aromatic rings. The number of carbonyl (C=O) groups excluding carboxylic acids is 1. The molecule has 0 radical (unpaired) electrons. The molecule has 0 atom stereocenters. The van der Waals surface area contributed by atoms with Gasteiger partial charge in [-0.3, -0.25) is 4.79 Å². The van der Waals surface area contributed by atoms with E-state index in [0.29, 0.717) is 23.8 Å². The van der Waals surface area contributed by atoms with E-state index in [1.54, 1.807) is 31.0 Å². The average molecular weight is 245 g/mol. The van der Waals surface area contributed by atoms with Gasteiger partial charge >= 0.3 is 0 Å². The third-order valence-corrected chi connectivity index (χ3v) is 2.73. The number of nitrogens with zero attached hydrogens (tertiary/aromatic N) is 3. The maximum absolute atomic E-state index is 11.9. The fourth-order valence-electron chi connectivity index (χ4n) is 1.53. The van der Waals surface area contributed by atoms with Gasteiger partial charge in [0.25, 0.3) is 11.8 Å². The molecule has 0 aliphatic rings. The first kappa shape index (κ1) is 12.3. The predicted octanol–water partition coefficient (Wildman–Crippen LogP) is 2.14. The summed E-state index contributed by atoms with van der Waals surface area (Å²) >= 11 is 0. The molecule has 0 N–H and O–H groups in total. The van der Waals surface area contributed by atoms with Crippen LogP contribution in [0.5, 0.6) is 0 Å². The van der Waals surface area contributed by atoms with Gasteiger partial charge in [-0.25, -0.2) is 0 Å². The topological polar surface area (TPSA) is 59.2 Å². The Morgan fingerprint density at radius 2 is 2.00 bits per heavy atom. The highest BCUT2D eigenvalue weighted by atomic mass is 16.5. The molecule has 5 heteroatoms. The Hall–Kier alpha value is -2.17. The summed E-state index contributed by atoms with van der Waals surface area (Å²) in [5, 5.41) is 3.73. The molecule has 0 spiro atoms. The van der Waals surface area contributed by atoms with Crippen molar-refractivity contribution >= 4 is 5.91 Å². The molecule has 1 amide bonds. The fourth-order valence-corrected chi connectivity index (χ4v) is 1.53. The van der Waals surface area contributed by atoms with E-state index in [9.17, 15) is 4.79 Å². The van der Waals surface area contributed by atoms with Crippen molar-refractivity contribution in [2.45, 2.75) is 13.8 Å². The zero-order valence-electron chi connectivity index (χ0n) is 10.7. The van der Waals surface area contributed by atoms with Crippen LogP contribution in [0.25, 0.3) is 11.5 Å². The summed E-state index contributed by atoms with van der Waals surface area (Å²) < 4.78 is 5.06. The number of aromatic nitrogens is 2. The molecule has 1 aromatic carbocycles. The molecule has 0 aliphatic heterocycles. The zero-order chi connectivity index (χ0) is 13.1. The lowest BCUT2D eigenvalue weighted by Crippen LogP contribution is -2.26. The fraction of sp³-hybridized carbons (Fsp3) is 0.308. The van der Waals surface area contributed by atoms with Crippen LogP contribution < -0.4 is 0 Å². The van der Waals surface area contributed by atoms with Crippen LogP contribution in [0.2, 0.25) is 0 Å². The quantitative estimate of drug-likeness (QED) is 0.831. The van der Waals surface area contributed by atoms with Crippen LogP contribution in [0.3, 0.4) is 0 Å². The molecule has 94 valence electrons. The van der Waals surface area contributed by atoms with Crippen LogP contribution in [0.1, 0.15) is 23.1 Å². The highest BCUT2D eigenvalue weighted by molar-refractivity contribution is 5.94. The Morgan fingerprint density at radius 3 is 2.50 bits per heavy atom. The minimum atomic E-state index is 0.00533. The summed E-state index contributed by atoms with van der Waals surface area (Å²) in [4.78, 5) is 17.7. The van der Waals surface area contributed by atoms with Crippen LogP contribution >= 0.6 is 0 Å². The van der Waals surface area contributed by atoms with Crippen LogP contribution in [0, 0.1) is 6.92 Å². The van der Waals surface area contributed by atoms with Crippen molar-refractivity contribution in [3.05, 3.63) is 35.7 Å². The first-order valence-electron chi connectivity index (χ1n) is 5.78. The third-order valence-electron chi connectivity index (χ3n) is 2.73. The summed E-state index contributed by atoms with van der Waals surface area (Å²) in [6.45, 7) is 4.39. The highest BCUT2D eigenvalue weighted by Crippen LogP contribution is 2.18. The molecule has 1 heterocycles. The monoisotopic (exact) mass is 245 g/mol. The molecular weight excluding hydrogens is 230 g/mol. The van der Waals surface area contributed by atoms with E-state index in [1.807, 2.05) is 19.1 Å². The largest absolute Gasteiger partial charge is 0.342 e. The van der Waals surface area contributed by atoms with E-state index in [4.69, 9.17) is 4.52 Å². The normalized spacial score (nSPS) is 10.4. The average Bonchev–Trinajstić information content (AvgIpc) is 2.84. The second kappa shape index (κ2) is 5.00. The lowest BCUT2D eigenvalue weighted by atomic mass is 10.1. The predicted molar refractivity (Wildman–Crippen MR) is 67.1 cm³/mol. The van der Waals surface area contributed by atoms with Crippen LogP contribution in [0.15, 0.2) is 28.8 Å². The minimum Gasteiger partial charge on any atom is -0.342 e. The van der Waals surface area contributed by atoms with Gasteiger partial charge in [0, 0.05) is 24.7 Å². The summed E-state index contributed by atoms with van der Waals surface area (Å²) in [7, 11) is 1.78. The van der Waals surface area contributed by atoms with Gasteiger partial charge in [-0.2, -0.15) is 4.98 Å². The second-order valence-corrected chi connectivity index (χ2v) is 4.04. The van der Waals surface area contributed by atoms with Gasteiger partial charge in [-0.15, -0.1) is 0 Å². The number of hydrogen-bond donors (Lipinski definition) is 0. The van der Waals surface area contributed by atoms with Gasteiger partial charge in [0.2, 0.25) is 0 Å². The number of aryl methyl sites for hydroxylation is 1. The number of amides is 1. The van der Waals surface area contributed by atoms with E-state index in [0.717, 1.165) is 5.56 Å². The van der Waals surface area contributed by atoms with Crippen LogP contribution in [-0.2, 0) is 0 Å². The van der Waals surface area contributed by atoms with Gasteiger partial charge in [0.05, 0.1) is 0 Å². The number of benzene rings is 1. The van der Waals surface area contributed by atoms with Crippen LogP contribution in [0.4, 0.5) is 0 Å². The van der Waals surface area contributed by atoms with Crippen LogP contribution in [-0.4, -0.2) is 34.5 Å². The van der Waals surface area contributed by atoms with Gasteiger partial charge in [-0.05, 0) is 38.1 Å². The van der Waals surface area contributed by atoms with E-state index < -0.39 is 0 Å². The minimum absolute atomic E-state index is 0.00533. The van der Waals surface area contributed by atoms with Crippen molar-refractivity contribution in [1.29, 1.82) is 0 Å². The lowest BCUT2D eigenvalue weighted by Gasteiger charge is -2.14. The van der Waals surface area contributed by atoms with E-state index >= 15 is 0 Å². The standard InChI is InChI=1S/C13H15N3O2/c1-4-16(3)13(17)11-7-5-10(6-8-11)12-14-9(2)15-18-12/h5-8H,4H2,1-3H3.